The highest BCUT2D eigenvalue weighted by atomic mass is 16.5. The highest BCUT2D eigenvalue weighted by Crippen LogP contribution is 2.27. The highest BCUT2D eigenvalue weighted by molar-refractivity contribution is 5.95. The molecular weight excluding hydrogens is 354 g/mol. The molecule has 0 spiro atoms. The maximum atomic E-state index is 12.7. The molecule has 2 aromatic carbocycles. The second kappa shape index (κ2) is 9.37. The van der Waals surface area contributed by atoms with Gasteiger partial charge in [-0.15, -0.1) is 0 Å². The number of nitrogens with one attached hydrogen (secondary N) is 1. The van der Waals surface area contributed by atoms with Crippen molar-refractivity contribution in [2.75, 3.05) is 19.0 Å². The van der Waals surface area contributed by atoms with Crippen LogP contribution in [-0.4, -0.2) is 36.4 Å². The predicted octanol–water partition coefficient (Wildman–Crippen LogP) is 3.18. The van der Waals surface area contributed by atoms with Gasteiger partial charge in [0.1, 0.15) is 5.75 Å². The number of rotatable bonds is 8. The first kappa shape index (κ1) is 19.9. The Morgan fingerprint density at radius 2 is 1.79 bits per heavy atom. The van der Waals surface area contributed by atoms with E-state index in [0.717, 1.165) is 24.2 Å². The molecule has 1 saturated carbocycles. The van der Waals surface area contributed by atoms with Crippen LogP contribution in [0.3, 0.4) is 0 Å². The average Bonchev–Trinajstić information content (AvgIpc) is 3.23. The average molecular weight is 381 g/mol. The molecule has 1 fully saturated rings. The van der Waals surface area contributed by atoms with Gasteiger partial charge < -0.3 is 15.8 Å². The third kappa shape index (κ3) is 5.10. The van der Waals surface area contributed by atoms with Crippen LogP contribution in [0.5, 0.6) is 5.75 Å². The van der Waals surface area contributed by atoms with Gasteiger partial charge in [-0.3, -0.25) is 14.5 Å². The highest BCUT2D eigenvalue weighted by Gasteiger charge is 2.25. The standard InChI is InChI=1S/C22H27N3O3/c1-28-20-9-5-2-6-17(20)14-25(19-7-3-4-8-19)15-21(26)24-18-12-10-16(11-13-18)22(23)27/h2,5-6,9-13,19H,3-4,7-8,14-15H2,1H3,(H2,23,27)(H,24,26). The summed E-state index contributed by atoms with van der Waals surface area (Å²) in [4.78, 5) is 26.1. The van der Waals surface area contributed by atoms with Crippen molar-refractivity contribution in [2.24, 2.45) is 5.73 Å². The minimum absolute atomic E-state index is 0.0753. The molecule has 6 nitrogen and oxygen atoms in total. The molecule has 6 heteroatoms. The van der Waals surface area contributed by atoms with E-state index in [1.807, 2.05) is 24.3 Å². The van der Waals surface area contributed by atoms with E-state index >= 15 is 0 Å². The minimum atomic E-state index is -0.484. The summed E-state index contributed by atoms with van der Waals surface area (Å²) in [6, 6.07) is 14.9. The second-order valence-corrected chi connectivity index (χ2v) is 7.14. The molecule has 1 aliphatic carbocycles. The Labute approximate surface area is 165 Å². The van der Waals surface area contributed by atoms with Gasteiger partial charge in [0.15, 0.2) is 0 Å². The maximum Gasteiger partial charge on any atom is 0.248 e. The molecule has 0 unspecified atom stereocenters. The number of nitrogens with two attached hydrogens (primary N) is 1. The van der Waals surface area contributed by atoms with E-state index in [1.54, 1.807) is 31.4 Å². The van der Waals surface area contributed by atoms with E-state index in [9.17, 15) is 9.59 Å². The van der Waals surface area contributed by atoms with Gasteiger partial charge in [-0.1, -0.05) is 31.0 Å². The van der Waals surface area contributed by atoms with E-state index in [-0.39, 0.29) is 5.91 Å². The first-order chi connectivity index (χ1) is 13.6. The van der Waals surface area contributed by atoms with Crippen molar-refractivity contribution in [1.82, 2.24) is 4.90 Å². The fourth-order valence-corrected chi connectivity index (χ4v) is 3.74. The van der Waals surface area contributed by atoms with E-state index < -0.39 is 5.91 Å². The molecule has 1 aliphatic rings. The zero-order chi connectivity index (χ0) is 19.9. The van der Waals surface area contributed by atoms with Gasteiger partial charge in [0.25, 0.3) is 0 Å². The molecule has 3 rings (SSSR count). The van der Waals surface area contributed by atoms with Crippen LogP contribution in [0.25, 0.3) is 0 Å². The molecule has 0 aliphatic heterocycles. The molecule has 0 bridgehead atoms. The van der Waals surface area contributed by atoms with Gasteiger partial charge in [0.2, 0.25) is 11.8 Å². The number of methoxy groups -OCH3 is 1. The van der Waals surface area contributed by atoms with Crippen LogP contribution in [-0.2, 0) is 11.3 Å². The lowest BCUT2D eigenvalue weighted by atomic mass is 10.1. The number of carbonyl (C=O) groups excluding carboxylic acids is 2. The number of hydrogen-bond donors (Lipinski definition) is 2. The molecular formula is C22H27N3O3. The Morgan fingerprint density at radius 1 is 1.11 bits per heavy atom. The molecule has 0 heterocycles. The lowest BCUT2D eigenvalue weighted by Gasteiger charge is -2.28. The van der Waals surface area contributed by atoms with Gasteiger partial charge in [-0.25, -0.2) is 0 Å². The number of hydrogen-bond acceptors (Lipinski definition) is 4. The number of nitrogens with zero attached hydrogens (tertiary/aromatic N) is 1. The van der Waals surface area contributed by atoms with Crippen LogP contribution < -0.4 is 15.8 Å². The number of carbonyl (C=O) groups is 2. The Morgan fingerprint density at radius 3 is 2.43 bits per heavy atom. The van der Waals surface area contributed by atoms with Crippen molar-refractivity contribution in [3.63, 3.8) is 0 Å². The lowest BCUT2D eigenvalue weighted by Crippen LogP contribution is -2.39. The fourth-order valence-electron chi connectivity index (χ4n) is 3.74. The molecule has 0 saturated heterocycles. The summed E-state index contributed by atoms with van der Waals surface area (Å²) in [5, 5.41) is 2.91. The van der Waals surface area contributed by atoms with Crippen LogP contribution >= 0.6 is 0 Å². The Hall–Kier alpha value is -2.86. The van der Waals surface area contributed by atoms with Crippen molar-refractivity contribution >= 4 is 17.5 Å². The third-order valence-electron chi connectivity index (χ3n) is 5.21. The maximum absolute atomic E-state index is 12.7. The number of anilines is 1. The minimum Gasteiger partial charge on any atom is -0.496 e. The number of ether oxygens (including phenoxy) is 1. The largest absolute Gasteiger partial charge is 0.496 e. The Balaban J connectivity index is 1.68. The van der Waals surface area contributed by atoms with Crippen molar-refractivity contribution in [3.05, 3.63) is 59.7 Å². The number of benzene rings is 2. The smallest absolute Gasteiger partial charge is 0.248 e. The summed E-state index contributed by atoms with van der Waals surface area (Å²) in [7, 11) is 1.67. The van der Waals surface area contributed by atoms with E-state index in [1.165, 1.54) is 12.8 Å². The SMILES string of the molecule is COc1ccccc1CN(CC(=O)Nc1ccc(C(N)=O)cc1)C1CCCC1. The normalized spacial score (nSPS) is 14.2. The zero-order valence-corrected chi connectivity index (χ0v) is 16.2. The fraction of sp³-hybridized carbons (Fsp3) is 0.364. The first-order valence-corrected chi connectivity index (χ1v) is 9.62. The lowest BCUT2D eigenvalue weighted by molar-refractivity contribution is -0.118. The van der Waals surface area contributed by atoms with Crippen molar-refractivity contribution < 1.29 is 14.3 Å². The van der Waals surface area contributed by atoms with Crippen LogP contribution in [0.4, 0.5) is 5.69 Å². The molecule has 2 amide bonds. The van der Waals surface area contributed by atoms with E-state index in [4.69, 9.17) is 10.5 Å². The number of amides is 2. The molecule has 0 radical (unpaired) electrons. The summed E-state index contributed by atoms with van der Waals surface area (Å²) in [6.07, 6.45) is 4.61. The van der Waals surface area contributed by atoms with Crippen molar-refractivity contribution in [2.45, 2.75) is 38.3 Å². The quantitative estimate of drug-likeness (QED) is 0.735. The molecule has 2 aromatic rings. The predicted molar refractivity (Wildman–Crippen MR) is 109 cm³/mol. The van der Waals surface area contributed by atoms with Crippen molar-refractivity contribution in [1.29, 1.82) is 0 Å². The summed E-state index contributed by atoms with van der Waals surface area (Å²) >= 11 is 0. The van der Waals surface area contributed by atoms with Gasteiger partial charge in [0, 0.05) is 29.4 Å². The Kier molecular flexibility index (Phi) is 6.66. The summed E-state index contributed by atoms with van der Waals surface area (Å²) in [6.45, 7) is 0.975. The Bertz CT molecular complexity index is 814. The third-order valence-corrected chi connectivity index (χ3v) is 5.21. The van der Waals surface area contributed by atoms with E-state index in [0.29, 0.717) is 30.4 Å². The van der Waals surface area contributed by atoms with Crippen LogP contribution in [0.2, 0.25) is 0 Å². The zero-order valence-electron chi connectivity index (χ0n) is 16.2. The van der Waals surface area contributed by atoms with E-state index in [2.05, 4.69) is 10.2 Å². The van der Waals surface area contributed by atoms with Gasteiger partial charge in [-0.05, 0) is 43.2 Å². The number of para-hydroxylation sites is 1. The van der Waals surface area contributed by atoms with Crippen LogP contribution in [0.15, 0.2) is 48.5 Å². The van der Waals surface area contributed by atoms with Crippen LogP contribution in [0, 0.1) is 0 Å². The molecule has 28 heavy (non-hydrogen) atoms. The molecule has 148 valence electrons. The van der Waals surface area contributed by atoms with Crippen molar-refractivity contribution in [3.8, 4) is 5.75 Å². The van der Waals surface area contributed by atoms with Crippen LogP contribution in [0.1, 0.15) is 41.6 Å². The first-order valence-electron chi connectivity index (χ1n) is 9.62. The molecule has 3 N–H and O–H groups in total. The van der Waals surface area contributed by atoms with Gasteiger partial charge in [0.05, 0.1) is 13.7 Å². The summed E-state index contributed by atoms with van der Waals surface area (Å²) in [5.41, 5.74) is 7.40. The molecule has 0 aromatic heterocycles. The van der Waals surface area contributed by atoms with Gasteiger partial charge in [-0.2, -0.15) is 0 Å². The summed E-state index contributed by atoms with van der Waals surface area (Å²) in [5.74, 6) is 0.281. The monoisotopic (exact) mass is 381 g/mol. The topological polar surface area (TPSA) is 84.7 Å². The second-order valence-electron chi connectivity index (χ2n) is 7.14. The van der Waals surface area contributed by atoms with Gasteiger partial charge >= 0.3 is 0 Å². The summed E-state index contributed by atoms with van der Waals surface area (Å²) < 4.78 is 5.48. The number of primary amides is 1. The molecule has 0 atom stereocenters.